The number of carbonyl (C=O) groups excluding carboxylic acids is 1. The lowest BCUT2D eigenvalue weighted by Crippen LogP contribution is -2.15. The molecule has 1 amide bonds. The van der Waals surface area contributed by atoms with Crippen molar-refractivity contribution in [1.29, 1.82) is 0 Å². The zero-order chi connectivity index (χ0) is 19.3. The van der Waals surface area contributed by atoms with Crippen LogP contribution in [0.5, 0.6) is 0 Å². The number of rotatable bonds is 5. The zero-order valence-electron chi connectivity index (χ0n) is 14.9. The van der Waals surface area contributed by atoms with E-state index in [2.05, 4.69) is 20.4 Å². The second-order valence-electron chi connectivity index (χ2n) is 6.21. The molecule has 138 valence electrons. The van der Waals surface area contributed by atoms with Gasteiger partial charge in [-0.2, -0.15) is 4.68 Å². The Morgan fingerprint density at radius 3 is 2.32 bits per heavy atom. The predicted molar refractivity (Wildman–Crippen MR) is 106 cm³/mol. The van der Waals surface area contributed by atoms with Gasteiger partial charge in [-0.15, -0.1) is 5.10 Å². The molecule has 7 heteroatoms. The van der Waals surface area contributed by atoms with Crippen molar-refractivity contribution in [1.82, 2.24) is 19.7 Å². The Bertz CT molecular complexity index is 1130. The van der Waals surface area contributed by atoms with Crippen LogP contribution in [0.3, 0.4) is 0 Å². The topological polar surface area (TPSA) is 92.7 Å². The minimum absolute atomic E-state index is 0.0466. The van der Waals surface area contributed by atoms with Crippen LogP contribution in [0.4, 0.5) is 5.69 Å². The lowest BCUT2D eigenvalue weighted by molar-refractivity contribution is 0.101. The lowest BCUT2D eigenvalue weighted by Gasteiger charge is -2.05. The maximum absolute atomic E-state index is 12.4. The molecule has 0 radical (unpaired) electrons. The molecule has 28 heavy (non-hydrogen) atoms. The first-order valence-electron chi connectivity index (χ1n) is 8.73. The SMILES string of the molecule is O=C(Nc1ccc(Cc2ccncc2)cc1)c1nn(-c2ccccc2)c(=O)[nH]1. The molecule has 2 N–H and O–H groups in total. The van der Waals surface area contributed by atoms with E-state index in [1.165, 1.54) is 0 Å². The number of para-hydroxylation sites is 1. The zero-order valence-corrected chi connectivity index (χ0v) is 14.9. The summed E-state index contributed by atoms with van der Waals surface area (Å²) in [6.45, 7) is 0. The van der Waals surface area contributed by atoms with Crippen LogP contribution in [0.25, 0.3) is 5.69 Å². The van der Waals surface area contributed by atoms with Gasteiger partial charge in [0.05, 0.1) is 5.69 Å². The Morgan fingerprint density at radius 1 is 0.929 bits per heavy atom. The van der Waals surface area contributed by atoms with Gasteiger partial charge in [0.1, 0.15) is 0 Å². The van der Waals surface area contributed by atoms with Crippen LogP contribution in [0.15, 0.2) is 83.9 Å². The number of aromatic nitrogens is 4. The number of H-pyrrole nitrogens is 1. The van der Waals surface area contributed by atoms with E-state index in [4.69, 9.17) is 0 Å². The average Bonchev–Trinajstić information content (AvgIpc) is 3.13. The molecule has 7 nitrogen and oxygen atoms in total. The van der Waals surface area contributed by atoms with E-state index < -0.39 is 11.6 Å². The van der Waals surface area contributed by atoms with Crippen molar-refractivity contribution in [2.75, 3.05) is 5.32 Å². The van der Waals surface area contributed by atoms with Crippen LogP contribution in [0, 0.1) is 0 Å². The van der Waals surface area contributed by atoms with E-state index in [9.17, 15) is 9.59 Å². The highest BCUT2D eigenvalue weighted by Crippen LogP contribution is 2.14. The number of carbonyl (C=O) groups is 1. The van der Waals surface area contributed by atoms with Gasteiger partial charge < -0.3 is 5.32 Å². The highest BCUT2D eigenvalue weighted by Gasteiger charge is 2.14. The van der Waals surface area contributed by atoms with Crippen LogP contribution in [0.2, 0.25) is 0 Å². The first-order valence-corrected chi connectivity index (χ1v) is 8.73. The summed E-state index contributed by atoms with van der Waals surface area (Å²) in [6, 6.07) is 20.4. The average molecular weight is 371 g/mol. The summed E-state index contributed by atoms with van der Waals surface area (Å²) in [4.78, 5) is 31.0. The highest BCUT2D eigenvalue weighted by atomic mass is 16.2. The summed E-state index contributed by atoms with van der Waals surface area (Å²) in [5, 5.41) is 6.83. The Balaban J connectivity index is 1.46. The minimum atomic E-state index is -0.478. The molecule has 0 atom stereocenters. The molecule has 4 aromatic rings. The number of hydrogen-bond acceptors (Lipinski definition) is 4. The van der Waals surface area contributed by atoms with Crippen molar-refractivity contribution in [2.45, 2.75) is 6.42 Å². The van der Waals surface area contributed by atoms with Crippen molar-refractivity contribution < 1.29 is 4.79 Å². The van der Waals surface area contributed by atoms with E-state index in [0.29, 0.717) is 11.4 Å². The molecule has 2 heterocycles. The summed E-state index contributed by atoms with van der Waals surface area (Å²) < 4.78 is 1.16. The Hall–Kier alpha value is -4.00. The Labute approximate surface area is 160 Å². The molecule has 0 saturated carbocycles. The van der Waals surface area contributed by atoms with Crippen molar-refractivity contribution in [3.63, 3.8) is 0 Å². The fourth-order valence-electron chi connectivity index (χ4n) is 2.80. The third kappa shape index (κ3) is 3.88. The summed E-state index contributed by atoms with van der Waals surface area (Å²) in [5.74, 6) is -0.525. The van der Waals surface area contributed by atoms with E-state index >= 15 is 0 Å². The fraction of sp³-hybridized carbons (Fsp3) is 0.0476. The molecule has 0 aliphatic rings. The number of amides is 1. The molecular formula is C21H17N5O2. The lowest BCUT2D eigenvalue weighted by atomic mass is 10.1. The summed E-state index contributed by atoms with van der Waals surface area (Å²) in [5.41, 5.74) is 3.02. The maximum atomic E-state index is 12.4. The number of pyridine rings is 1. The molecule has 0 spiro atoms. The van der Waals surface area contributed by atoms with E-state index in [1.807, 2.05) is 42.5 Å². The number of hydrogen-bond donors (Lipinski definition) is 2. The molecule has 0 unspecified atom stereocenters. The smallest absolute Gasteiger partial charge is 0.319 e. The third-order valence-corrected chi connectivity index (χ3v) is 4.20. The molecule has 4 rings (SSSR count). The molecule has 0 bridgehead atoms. The monoisotopic (exact) mass is 371 g/mol. The summed E-state index contributed by atoms with van der Waals surface area (Å²) in [7, 11) is 0. The van der Waals surface area contributed by atoms with Gasteiger partial charge in [0, 0.05) is 18.1 Å². The van der Waals surface area contributed by atoms with Crippen molar-refractivity contribution in [3.05, 3.63) is 107 Å². The largest absolute Gasteiger partial charge is 0.348 e. The van der Waals surface area contributed by atoms with E-state index in [-0.39, 0.29) is 5.82 Å². The van der Waals surface area contributed by atoms with Gasteiger partial charge >= 0.3 is 5.69 Å². The number of anilines is 1. The fourth-order valence-corrected chi connectivity index (χ4v) is 2.80. The van der Waals surface area contributed by atoms with Crippen molar-refractivity contribution in [2.24, 2.45) is 0 Å². The van der Waals surface area contributed by atoms with Gasteiger partial charge in [0.2, 0.25) is 5.82 Å². The summed E-state index contributed by atoms with van der Waals surface area (Å²) in [6.07, 6.45) is 4.31. The van der Waals surface area contributed by atoms with Crippen LogP contribution in [0.1, 0.15) is 21.7 Å². The number of aromatic amines is 1. The normalized spacial score (nSPS) is 10.6. The molecular weight excluding hydrogens is 354 g/mol. The van der Waals surface area contributed by atoms with Crippen LogP contribution in [-0.2, 0) is 6.42 Å². The molecule has 2 aromatic heterocycles. The van der Waals surface area contributed by atoms with Gasteiger partial charge in [-0.3, -0.25) is 14.8 Å². The molecule has 2 aromatic carbocycles. The Morgan fingerprint density at radius 2 is 1.61 bits per heavy atom. The Kier molecular flexibility index (Phi) is 4.79. The molecule has 0 saturated heterocycles. The first kappa shape index (κ1) is 17.4. The molecule has 0 fully saturated rings. The van der Waals surface area contributed by atoms with Crippen LogP contribution < -0.4 is 11.0 Å². The minimum Gasteiger partial charge on any atom is -0.319 e. The molecule has 0 aliphatic heterocycles. The number of benzene rings is 2. The maximum Gasteiger partial charge on any atom is 0.348 e. The van der Waals surface area contributed by atoms with Gasteiger partial charge in [0.15, 0.2) is 0 Å². The van der Waals surface area contributed by atoms with E-state index in [0.717, 1.165) is 22.2 Å². The number of nitrogens with zero attached hydrogens (tertiary/aromatic N) is 3. The highest BCUT2D eigenvalue weighted by molar-refractivity contribution is 6.01. The van der Waals surface area contributed by atoms with Crippen LogP contribution in [-0.4, -0.2) is 25.7 Å². The quantitative estimate of drug-likeness (QED) is 0.564. The van der Waals surface area contributed by atoms with Gasteiger partial charge in [-0.25, -0.2) is 4.79 Å². The van der Waals surface area contributed by atoms with Gasteiger partial charge in [0.25, 0.3) is 5.91 Å². The van der Waals surface area contributed by atoms with Crippen molar-refractivity contribution >= 4 is 11.6 Å². The molecule has 0 aliphatic carbocycles. The standard InChI is InChI=1S/C21H17N5O2/c27-20(19-24-21(28)26(25-19)18-4-2-1-3-5-18)23-17-8-6-15(7-9-17)14-16-10-12-22-13-11-16/h1-13H,14H2,(H,23,27)(H,24,25,28). The summed E-state index contributed by atoms with van der Waals surface area (Å²) >= 11 is 0. The first-order chi connectivity index (χ1) is 13.7. The van der Waals surface area contributed by atoms with Crippen molar-refractivity contribution in [3.8, 4) is 5.69 Å². The second-order valence-corrected chi connectivity index (χ2v) is 6.21. The third-order valence-electron chi connectivity index (χ3n) is 4.20. The number of nitrogens with one attached hydrogen (secondary N) is 2. The van der Waals surface area contributed by atoms with Gasteiger partial charge in [-0.1, -0.05) is 30.3 Å². The van der Waals surface area contributed by atoms with Gasteiger partial charge in [-0.05, 0) is 53.9 Å². The second kappa shape index (κ2) is 7.71. The van der Waals surface area contributed by atoms with Crippen LogP contribution >= 0.6 is 0 Å². The van der Waals surface area contributed by atoms with E-state index in [1.54, 1.807) is 36.7 Å². The predicted octanol–water partition coefficient (Wildman–Crippen LogP) is 2.80.